The van der Waals surface area contributed by atoms with Crippen LogP contribution in [0.3, 0.4) is 0 Å². The predicted molar refractivity (Wildman–Crippen MR) is 66.8 cm³/mol. The first-order valence-electron chi connectivity index (χ1n) is 5.73. The lowest BCUT2D eigenvalue weighted by Crippen LogP contribution is -2.34. The summed E-state index contributed by atoms with van der Waals surface area (Å²) in [6, 6.07) is 5.93. The van der Waals surface area contributed by atoms with E-state index in [0.29, 0.717) is 19.0 Å². The minimum absolute atomic E-state index is 0.558. The first kappa shape index (κ1) is 12.1. The number of nitrogens with one attached hydrogen (secondary N) is 1. The maximum atomic E-state index is 9.58. The fourth-order valence-electron chi connectivity index (χ4n) is 1.71. The second-order valence-corrected chi connectivity index (χ2v) is 4.95. The quantitative estimate of drug-likeness (QED) is 0.849. The van der Waals surface area contributed by atoms with Crippen LogP contribution in [-0.2, 0) is 6.54 Å². The molecule has 0 saturated heterocycles. The molecule has 0 aliphatic carbocycles. The third-order valence-electron chi connectivity index (χ3n) is 2.45. The van der Waals surface area contributed by atoms with Gasteiger partial charge in [-0.3, -0.25) is 0 Å². The molecule has 2 N–H and O–H groups in total. The van der Waals surface area contributed by atoms with Crippen LogP contribution >= 0.6 is 0 Å². The van der Waals surface area contributed by atoms with Crippen LogP contribution in [0.1, 0.15) is 25.3 Å². The van der Waals surface area contributed by atoms with Gasteiger partial charge in [0.1, 0.15) is 5.52 Å². The molecule has 0 spiro atoms. The fourth-order valence-corrected chi connectivity index (χ4v) is 1.71. The second kappa shape index (κ2) is 4.47. The topological polar surface area (TPSA) is 58.3 Å². The van der Waals surface area contributed by atoms with Gasteiger partial charge >= 0.3 is 0 Å². The lowest BCUT2D eigenvalue weighted by atomic mass is 10.1. The van der Waals surface area contributed by atoms with E-state index < -0.39 is 5.60 Å². The number of fused-ring (bicyclic) bond motifs is 1. The Balaban J connectivity index is 2.04. The molecule has 4 nitrogen and oxygen atoms in total. The van der Waals surface area contributed by atoms with Crippen LogP contribution in [0, 0.1) is 6.92 Å². The predicted octanol–water partition coefficient (Wildman–Crippen LogP) is 2.00. The summed E-state index contributed by atoms with van der Waals surface area (Å²) >= 11 is 0. The number of oxazole rings is 1. The standard InChI is InChI=1S/C13H18N2O2/c1-9-15-11-6-10(4-5-12(11)17-9)7-14-8-13(2,3)16/h4-6,14,16H,7-8H2,1-3H3. The molecular formula is C13H18N2O2. The van der Waals surface area contributed by atoms with E-state index >= 15 is 0 Å². The summed E-state index contributed by atoms with van der Waals surface area (Å²) in [4.78, 5) is 4.29. The molecule has 92 valence electrons. The van der Waals surface area contributed by atoms with Gasteiger partial charge in [-0.05, 0) is 31.5 Å². The first-order chi connectivity index (χ1) is 7.94. The molecule has 2 rings (SSSR count). The van der Waals surface area contributed by atoms with Crippen molar-refractivity contribution in [2.24, 2.45) is 0 Å². The maximum Gasteiger partial charge on any atom is 0.192 e. The molecule has 0 amide bonds. The van der Waals surface area contributed by atoms with Crippen molar-refractivity contribution >= 4 is 11.1 Å². The molecule has 1 aromatic carbocycles. The van der Waals surface area contributed by atoms with Crippen molar-refractivity contribution in [1.29, 1.82) is 0 Å². The van der Waals surface area contributed by atoms with Crippen molar-refractivity contribution in [3.05, 3.63) is 29.7 Å². The number of hydrogen-bond donors (Lipinski definition) is 2. The van der Waals surface area contributed by atoms with E-state index in [2.05, 4.69) is 10.3 Å². The smallest absolute Gasteiger partial charge is 0.192 e. The van der Waals surface area contributed by atoms with E-state index in [1.165, 1.54) is 0 Å². The van der Waals surface area contributed by atoms with Gasteiger partial charge in [-0.15, -0.1) is 0 Å². The molecule has 0 aliphatic rings. The van der Waals surface area contributed by atoms with Crippen molar-refractivity contribution < 1.29 is 9.52 Å². The Morgan fingerprint density at radius 1 is 1.41 bits per heavy atom. The third-order valence-corrected chi connectivity index (χ3v) is 2.45. The molecule has 0 bridgehead atoms. The van der Waals surface area contributed by atoms with Crippen LogP contribution in [-0.4, -0.2) is 22.2 Å². The Morgan fingerprint density at radius 2 is 2.18 bits per heavy atom. The summed E-state index contributed by atoms with van der Waals surface area (Å²) in [5, 5.41) is 12.8. The van der Waals surface area contributed by atoms with Gasteiger partial charge in [-0.25, -0.2) is 4.98 Å². The first-order valence-corrected chi connectivity index (χ1v) is 5.73. The van der Waals surface area contributed by atoms with Gasteiger partial charge < -0.3 is 14.8 Å². The highest BCUT2D eigenvalue weighted by molar-refractivity contribution is 5.73. The molecular weight excluding hydrogens is 216 g/mol. The summed E-state index contributed by atoms with van der Waals surface area (Å²) in [6.07, 6.45) is 0. The highest BCUT2D eigenvalue weighted by Crippen LogP contribution is 2.16. The molecule has 0 unspecified atom stereocenters. The lowest BCUT2D eigenvalue weighted by molar-refractivity contribution is 0.0795. The van der Waals surface area contributed by atoms with Crippen molar-refractivity contribution in [3.8, 4) is 0 Å². The van der Waals surface area contributed by atoms with Gasteiger partial charge in [0.05, 0.1) is 5.60 Å². The fraction of sp³-hybridized carbons (Fsp3) is 0.462. The van der Waals surface area contributed by atoms with Crippen LogP contribution in [0.25, 0.3) is 11.1 Å². The maximum absolute atomic E-state index is 9.58. The molecule has 0 fully saturated rings. The Kier molecular flexibility index (Phi) is 3.17. The molecule has 1 heterocycles. The molecule has 0 atom stereocenters. The Hall–Kier alpha value is -1.39. The number of benzene rings is 1. The van der Waals surface area contributed by atoms with Gasteiger partial charge in [0.25, 0.3) is 0 Å². The number of aromatic nitrogens is 1. The number of aryl methyl sites for hydroxylation is 1. The molecule has 4 heteroatoms. The van der Waals surface area contributed by atoms with Crippen molar-refractivity contribution in [3.63, 3.8) is 0 Å². The zero-order chi connectivity index (χ0) is 12.5. The van der Waals surface area contributed by atoms with Crippen molar-refractivity contribution in [1.82, 2.24) is 10.3 Å². The monoisotopic (exact) mass is 234 g/mol. The third kappa shape index (κ3) is 3.28. The van der Waals surface area contributed by atoms with Crippen LogP contribution in [0.2, 0.25) is 0 Å². The highest BCUT2D eigenvalue weighted by Gasteiger charge is 2.11. The molecule has 17 heavy (non-hydrogen) atoms. The van der Waals surface area contributed by atoms with Crippen molar-refractivity contribution in [2.45, 2.75) is 32.9 Å². The van der Waals surface area contributed by atoms with Gasteiger partial charge in [0, 0.05) is 20.0 Å². The summed E-state index contributed by atoms with van der Waals surface area (Å²) < 4.78 is 5.41. The minimum Gasteiger partial charge on any atom is -0.441 e. The van der Waals surface area contributed by atoms with E-state index in [-0.39, 0.29) is 0 Å². The van der Waals surface area contributed by atoms with E-state index in [0.717, 1.165) is 16.7 Å². The summed E-state index contributed by atoms with van der Waals surface area (Å²) in [7, 11) is 0. The number of hydrogen-bond acceptors (Lipinski definition) is 4. The van der Waals surface area contributed by atoms with Crippen LogP contribution in [0.4, 0.5) is 0 Å². The second-order valence-electron chi connectivity index (χ2n) is 4.95. The number of rotatable bonds is 4. The Morgan fingerprint density at radius 3 is 2.88 bits per heavy atom. The summed E-state index contributed by atoms with van der Waals surface area (Å²) in [6.45, 7) is 6.68. The van der Waals surface area contributed by atoms with Gasteiger partial charge in [0.2, 0.25) is 0 Å². The average molecular weight is 234 g/mol. The Bertz CT molecular complexity index is 512. The van der Waals surface area contributed by atoms with Crippen LogP contribution in [0.5, 0.6) is 0 Å². The molecule has 2 aromatic rings. The molecule has 0 aliphatic heterocycles. The SMILES string of the molecule is Cc1nc2cc(CNCC(C)(C)O)ccc2o1. The number of nitrogens with zero attached hydrogens (tertiary/aromatic N) is 1. The number of aliphatic hydroxyl groups is 1. The zero-order valence-electron chi connectivity index (χ0n) is 10.4. The van der Waals surface area contributed by atoms with Gasteiger partial charge in [0.15, 0.2) is 11.5 Å². The van der Waals surface area contributed by atoms with Gasteiger partial charge in [-0.1, -0.05) is 6.07 Å². The van der Waals surface area contributed by atoms with E-state index in [1.54, 1.807) is 13.8 Å². The molecule has 1 aromatic heterocycles. The van der Waals surface area contributed by atoms with Crippen LogP contribution in [0.15, 0.2) is 22.6 Å². The lowest BCUT2D eigenvalue weighted by Gasteiger charge is -2.17. The zero-order valence-corrected chi connectivity index (χ0v) is 10.4. The van der Waals surface area contributed by atoms with E-state index in [4.69, 9.17) is 4.42 Å². The largest absolute Gasteiger partial charge is 0.441 e. The van der Waals surface area contributed by atoms with Gasteiger partial charge in [-0.2, -0.15) is 0 Å². The van der Waals surface area contributed by atoms with Crippen LogP contribution < -0.4 is 5.32 Å². The molecule has 0 radical (unpaired) electrons. The van der Waals surface area contributed by atoms with Crippen molar-refractivity contribution in [2.75, 3.05) is 6.54 Å². The van der Waals surface area contributed by atoms with E-state index in [9.17, 15) is 5.11 Å². The average Bonchev–Trinajstić information content (AvgIpc) is 2.55. The van der Waals surface area contributed by atoms with E-state index in [1.807, 2.05) is 25.1 Å². The molecule has 0 saturated carbocycles. The Labute approximate surface area is 101 Å². The minimum atomic E-state index is -0.686. The normalized spacial score (nSPS) is 12.2. The summed E-state index contributed by atoms with van der Waals surface area (Å²) in [5.74, 6) is 0.682. The summed E-state index contributed by atoms with van der Waals surface area (Å²) in [5.41, 5.74) is 2.14. The highest BCUT2D eigenvalue weighted by atomic mass is 16.3.